The number of carbonyl (C=O) groups excluding carboxylic acids is 1. The molecule has 0 aliphatic carbocycles. The standard InChI is InChI=1S/C22H23NO4/c1-25-17-6-4-14(5-7-17)19-11-16(24)12-20-18-13-22(27-3)21(26-2)10-15(18)8-9-23(19)20/h4-7,10,12-13,19H,8-9,11H2,1-3H3. The summed E-state index contributed by atoms with van der Waals surface area (Å²) in [7, 11) is 4.93. The Kier molecular flexibility index (Phi) is 4.52. The molecule has 4 rings (SSSR count). The Morgan fingerprint density at radius 1 is 0.963 bits per heavy atom. The highest BCUT2D eigenvalue weighted by atomic mass is 16.5. The third-order valence-corrected chi connectivity index (χ3v) is 5.39. The molecule has 0 bridgehead atoms. The first-order valence-corrected chi connectivity index (χ1v) is 9.05. The topological polar surface area (TPSA) is 48.0 Å². The molecular formula is C22H23NO4. The van der Waals surface area contributed by atoms with Gasteiger partial charge in [-0.25, -0.2) is 0 Å². The summed E-state index contributed by atoms with van der Waals surface area (Å²) in [6, 6.07) is 12.0. The number of hydrogen-bond donors (Lipinski definition) is 0. The number of ether oxygens (including phenoxy) is 3. The molecule has 1 unspecified atom stereocenters. The number of carbonyl (C=O) groups is 1. The van der Waals surface area contributed by atoms with Crippen LogP contribution in [0.1, 0.15) is 29.2 Å². The van der Waals surface area contributed by atoms with Crippen molar-refractivity contribution in [1.29, 1.82) is 0 Å². The molecule has 1 atom stereocenters. The third-order valence-electron chi connectivity index (χ3n) is 5.39. The summed E-state index contributed by atoms with van der Waals surface area (Å²) < 4.78 is 16.2. The first kappa shape index (κ1) is 17.5. The number of methoxy groups -OCH3 is 3. The summed E-state index contributed by atoms with van der Waals surface area (Å²) >= 11 is 0. The van der Waals surface area contributed by atoms with Crippen LogP contribution in [0.25, 0.3) is 5.70 Å². The molecule has 140 valence electrons. The van der Waals surface area contributed by atoms with Crippen LogP contribution < -0.4 is 14.2 Å². The second-order valence-electron chi connectivity index (χ2n) is 6.80. The van der Waals surface area contributed by atoms with Crippen molar-refractivity contribution in [3.05, 3.63) is 59.2 Å². The summed E-state index contributed by atoms with van der Waals surface area (Å²) in [4.78, 5) is 14.9. The molecule has 0 radical (unpaired) electrons. The fourth-order valence-electron chi connectivity index (χ4n) is 4.00. The molecule has 0 fully saturated rings. The Labute approximate surface area is 159 Å². The molecule has 2 heterocycles. The lowest BCUT2D eigenvalue weighted by molar-refractivity contribution is -0.116. The van der Waals surface area contributed by atoms with Gasteiger partial charge in [0, 0.05) is 30.3 Å². The average Bonchev–Trinajstić information content (AvgIpc) is 2.72. The Balaban J connectivity index is 1.76. The summed E-state index contributed by atoms with van der Waals surface area (Å²) in [5.41, 5.74) is 4.32. The van der Waals surface area contributed by atoms with E-state index in [0.717, 1.165) is 41.3 Å². The Morgan fingerprint density at radius 2 is 1.67 bits per heavy atom. The van der Waals surface area contributed by atoms with E-state index in [1.54, 1.807) is 27.4 Å². The van der Waals surface area contributed by atoms with Gasteiger partial charge in [0.15, 0.2) is 17.3 Å². The van der Waals surface area contributed by atoms with Gasteiger partial charge < -0.3 is 19.1 Å². The molecule has 0 aromatic heterocycles. The largest absolute Gasteiger partial charge is 0.497 e. The van der Waals surface area contributed by atoms with Crippen LogP contribution in [-0.2, 0) is 11.2 Å². The van der Waals surface area contributed by atoms with Gasteiger partial charge in [0.25, 0.3) is 0 Å². The molecule has 0 amide bonds. The van der Waals surface area contributed by atoms with Crippen LogP contribution in [0.4, 0.5) is 0 Å². The monoisotopic (exact) mass is 365 g/mol. The first-order chi connectivity index (χ1) is 13.1. The highest BCUT2D eigenvalue weighted by Gasteiger charge is 2.34. The maximum Gasteiger partial charge on any atom is 0.161 e. The SMILES string of the molecule is COc1ccc(C2CC(=O)C=C3c4cc(OC)c(OC)cc4CCN32)cc1. The Hall–Kier alpha value is -2.95. The van der Waals surface area contributed by atoms with Crippen molar-refractivity contribution in [2.24, 2.45) is 0 Å². The minimum absolute atomic E-state index is 0.0321. The molecule has 0 spiro atoms. The maximum absolute atomic E-state index is 12.5. The highest BCUT2D eigenvalue weighted by molar-refractivity contribution is 5.99. The van der Waals surface area contributed by atoms with Gasteiger partial charge in [-0.15, -0.1) is 0 Å². The second kappa shape index (κ2) is 6.99. The summed E-state index contributed by atoms with van der Waals surface area (Å²) in [5, 5.41) is 0. The fraction of sp³-hybridized carbons (Fsp3) is 0.318. The molecule has 0 saturated carbocycles. The van der Waals surface area contributed by atoms with E-state index in [1.165, 1.54) is 5.56 Å². The molecule has 0 saturated heterocycles. The minimum Gasteiger partial charge on any atom is -0.497 e. The Bertz CT molecular complexity index is 901. The number of allylic oxidation sites excluding steroid dienone is 1. The van der Waals surface area contributed by atoms with Crippen molar-refractivity contribution in [2.45, 2.75) is 18.9 Å². The maximum atomic E-state index is 12.5. The zero-order chi connectivity index (χ0) is 19.0. The third kappa shape index (κ3) is 3.03. The van der Waals surface area contributed by atoms with Crippen LogP contribution in [0.2, 0.25) is 0 Å². The number of rotatable bonds is 4. The van der Waals surface area contributed by atoms with Crippen molar-refractivity contribution in [2.75, 3.05) is 27.9 Å². The van der Waals surface area contributed by atoms with Crippen molar-refractivity contribution >= 4 is 11.5 Å². The van der Waals surface area contributed by atoms with Crippen LogP contribution in [-0.4, -0.2) is 38.6 Å². The van der Waals surface area contributed by atoms with E-state index in [4.69, 9.17) is 14.2 Å². The number of fused-ring (bicyclic) bond motifs is 3. The van der Waals surface area contributed by atoms with Gasteiger partial charge in [-0.2, -0.15) is 0 Å². The van der Waals surface area contributed by atoms with Gasteiger partial charge in [-0.1, -0.05) is 12.1 Å². The molecule has 2 aromatic carbocycles. The minimum atomic E-state index is 0.0321. The lowest BCUT2D eigenvalue weighted by atomic mass is 9.87. The lowest BCUT2D eigenvalue weighted by Crippen LogP contribution is -2.37. The van der Waals surface area contributed by atoms with Crippen LogP contribution in [0.3, 0.4) is 0 Å². The normalized spacial score (nSPS) is 18.3. The van der Waals surface area contributed by atoms with Gasteiger partial charge >= 0.3 is 0 Å². The molecular weight excluding hydrogens is 342 g/mol. The molecule has 2 aliphatic rings. The lowest BCUT2D eigenvalue weighted by Gasteiger charge is -2.42. The van der Waals surface area contributed by atoms with Gasteiger partial charge in [-0.3, -0.25) is 4.79 Å². The van der Waals surface area contributed by atoms with Crippen molar-refractivity contribution in [3.8, 4) is 17.2 Å². The van der Waals surface area contributed by atoms with Crippen LogP contribution in [0.5, 0.6) is 17.2 Å². The summed E-state index contributed by atoms with van der Waals surface area (Å²) in [6.45, 7) is 0.859. The van der Waals surface area contributed by atoms with Crippen molar-refractivity contribution < 1.29 is 19.0 Å². The average molecular weight is 365 g/mol. The van der Waals surface area contributed by atoms with Crippen LogP contribution in [0, 0.1) is 0 Å². The van der Waals surface area contributed by atoms with E-state index in [2.05, 4.69) is 4.90 Å². The molecule has 5 heteroatoms. The van der Waals surface area contributed by atoms with Crippen molar-refractivity contribution in [3.63, 3.8) is 0 Å². The zero-order valence-corrected chi connectivity index (χ0v) is 15.8. The fourth-order valence-corrected chi connectivity index (χ4v) is 4.00. The second-order valence-corrected chi connectivity index (χ2v) is 6.80. The van der Waals surface area contributed by atoms with Gasteiger partial charge in [0.2, 0.25) is 0 Å². The first-order valence-electron chi connectivity index (χ1n) is 9.05. The molecule has 5 nitrogen and oxygen atoms in total. The number of ketones is 1. The quantitative estimate of drug-likeness (QED) is 0.828. The van der Waals surface area contributed by atoms with E-state index >= 15 is 0 Å². The van der Waals surface area contributed by atoms with Gasteiger partial charge in [0.1, 0.15) is 5.75 Å². The predicted octanol–water partition coefficient (Wildman–Crippen LogP) is 3.63. The summed E-state index contributed by atoms with van der Waals surface area (Å²) in [5.74, 6) is 2.36. The highest BCUT2D eigenvalue weighted by Crippen LogP contribution is 2.43. The van der Waals surface area contributed by atoms with E-state index in [9.17, 15) is 4.79 Å². The van der Waals surface area contributed by atoms with E-state index < -0.39 is 0 Å². The van der Waals surface area contributed by atoms with E-state index in [-0.39, 0.29) is 11.8 Å². The molecule has 2 aliphatic heterocycles. The number of nitrogens with zero attached hydrogens (tertiary/aromatic N) is 1. The zero-order valence-electron chi connectivity index (χ0n) is 15.8. The molecule has 27 heavy (non-hydrogen) atoms. The number of hydrogen-bond acceptors (Lipinski definition) is 5. The van der Waals surface area contributed by atoms with Crippen LogP contribution >= 0.6 is 0 Å². The van der Waals surface area contributed by atoms with E-state index in [0.29, 0.717) is 12.2 Å². The van der Waals surface area contributed by atoms with Crippen LogP contribution in [0.15, 0.2) is 42.5 Å². The number of benzene rings is 2. The van der Waals surface area contributed by atoms with Gasteiger partial charge in [0.05, 0.1) is 27.4 Å². The van der Waals surface area contributed by atoms with Gasteiger partial charge in [-0.05, 0) is 41.8 Å². The Morgan fingerprint density at radius 3 is 2.33 bits per heavy atom. The smallest absolute Gasteiger partial charge is 0.161 e. The molecule has 2 aromatic rings. The molecule has 0 N–H and O–H groups in total. The predicted molar refractivity (Wildman–Crippen MR) is 103 cm³/mol. The summed E-state index contributed by atoms with van der Waals surface area (Å²) in [6.07, 6.45) is 3.15. The van der Waals surface area contributed by atoms with Crippen molar-refractivity contribution in [1.82, 2.24) is 4.90 Å². The van der Waals surface area contributed by atoms with E-state index in [1.807, 2.05) is 36.4 Å².